The van der Waals surface area contributed by atoms with Gasteiger partial charge in [0.25, 0.3) is 5.91 Å². The molecule has 0 bridgehead atoms. The Kier molecular flexibility index (Phi) is 4.09. The van der Waals surface area contributed by atoms with Crippen LogP contribution in [0.3, 0.4) is 0 Å². The van der Waals surface area contributed by atoms with Crippen molar-refractivity contribution in [2.75, 3.05) is 13.7 Å². The highest BCUT2D eigenvalue weighted by Crippen LogP contribution is 2.04. The van der Waals surface area contributed by atoms with Crippen LogP contribution in [0.4, 0.5) is 0 Å². The lowest BCUT2D eigenvalue weighted by Gasteiger charge is -1.98. The highest BCUT2D eigenvalue weighted by atomic mass is 16.6. The van der Waals surface area contributed by atoms with Crippen LogP contribution in [-0.2, 0) is 16.2 Å². The molecular weight excluding hydrogens is 188 g/mol. The summed E-state index contributed by atoms with van der Waals surface area (Å²) >= 11 is 0. The van der Waals surface area contributed by atoms with E-state index in [0.29, 0.717) is 12.4 Å². The highest BCUT2D eigenvalue weighted by molar-refractivity contribution is 5.91. The largest absolute Gasteiger partial charge is 0.377 e. The van der Waals surface area contributed by atoms with Gasteiger partial charge < -0.3 is 9.26 Å². The van der Waals surface area contributed by atoms with Crippen molar-refractivity contribution in [1.29, 1.82) is 0 Å². The molecular formula is C8H12N2O4. The zero-order valence-corrected chi connectivity index (χ0v) is 8.07. The molecule has 0 spiro atoms. The van der Waals surface area contributed by atoms with Crippen molar-refractivity contribution >= 4 is 5.91 Å². The number of amides is 1. The number of methoxy groups -OCH3 is 1. The summed E-state index contributed by atoms with van der Waals surface area (Å²) in [4.78, 5) is 15.9. The number of ether oxygens (including phenoxy) is 1. The molecule has 0 saturated carbocycles. The summed E-state index contributed by atoms with van der Waals surface area (Å²) in [6, 6.07) is 1.50. The van der Waals surface area contributed by atoms with E-state index in [0.717, 1.165) is 0 Å². The Bertz CT molecular complexity index is 297. The van der Waals surface area contributed by atoms with Crippen LogP contribution < -0.4 is 5.48 Å². The van der Waals surface area contributed by atoms with Gasteiger partial charge in [-0.05, 0) is 6.92 Å². The van der Waals surface area contributed by atoms with Gasteiger partial charge in [0.05, 0.1) is 6.61 Å². The maximum atomic E-state index is 11.2. The van der Waals surface area contributed by atoms with E-state index in [1.54, 1.807) is 6.92 Å². The number of hydroxylamine groups is 1. The fraction of sp³-hybridized carbons (Fsp3) is 0.500. The quantitative estimate of drug-likeness (QED) is 0.700. The third kappa shape index (κ3) is 2.82. The van der Waals surface area contributed by atoms with Gasteiger partial charge in [-0.25, -0.2) is 5.48 Å². The maximum absolute atomic E-state index is 11.2. The minimum atomic E-state index is -0.432. The Labute approximate surface area is 81.1 Å². The molecule has 0 radical (unpaired) electrons. The molecule has 78 valence electrons. The molecule has 6 heteroatoms. The molecule has 1 aromatic heterocycles. The van der Waals surface area contributed by atoms with Crippen molar-refractivity contribution in [3.05, 3.63) is 17.5 Å². The van der Waals surface area contributed by atoms with Gasteiger partial charge in [0.15, 0.2) is 11.5 Å². The van der Waals surface area contributed by atoms with Crippen molar-refractivity contribution in [2.24, 2.45) is 0 Å². The third-order valence-electron chi connectivity index (χ3n) is 1.39. The first-order valence-corrected chi connectivity index (χ1v) is 4.14. The number of aromatic nitrogens is 1. The van der Waals surface area contributed by atoms with Crippen LogP contribution >= 0.6 is 0 Å². The number of hydrogen-bond donors (Lipinski definition) is 1. The van der Waals surface area contributed by atoms with Gasteiger partial charge in [-0.1, -0.05) is 5.16 Å². The average molecular weight is 200 g/mol. The summed E-state index contributed by atoms with van der Waals surface area (Å²) in [5.74, 6) is 0.0621. The van der Waals surface area contributed by atoms with E-state index in [1.807, 2.05) is 0 Å². The number of nitrogens with one attached hydrogen (secondary N) is 1. The number of nitrogens with zero attached hydrogens (tertiary/aromatic N) is 1. The van der Waals surface area contributed by atoms with Gasteiger partial charge in [-0.15, -0.1) is 0 Å². The van der Waals surface area contributed by atoms with Crippen molar-refractivity contribution < 1.29 is 18.9 Å². The molecule has 14 heavy (non-hydrogen) atoms. The molecule has 0 aromatic carbocycles. The zero-order valence-electron chi connectivity index (χ0n) is 8.07. The molecule has 1 N–H and O–H groups in total. The van der Waals surface area contributed by atoms with Crippen molar-refractivity contribution in [2.45, 2.75) is 13.5 Å². The summed E-state index contributed by atoms with van der Waals surface area (Å²) in [6.07, 6.45) is 0. The lowest BCUT2D eigenvalue weighted by atomic mass is 10.3. The molecule has 0 atom stereocenters. The standard InChI is InChI=1S/C8H12N2O4/c1-3-13-10-8(11)7-4-6(5-12-2)14-9-7/h4H,3,5H2,1-2H3,(H,10,11). The first kappa shape index (κ1) is 10.7. The Balaban J connectivity index is 2.53. The predicted octanol–water partition coefficient (Wildman–Crippen LogP) is 0.502. The second-order valence-corrected chi connectivity index (χ2v) is 2.48. The summed E-state index contributed by atoms with van der Waals surface area (Å²) in [7, 11) is 1.53. The molecule has 0 fully saturated rings. The zero-order chi connectivity index (χ0) is 10.4. The lowest BCUT2D eigenvalue weighted by Crippen LogP contribution is -2.23. The molecule has 0 unspecified atom stereocenters. The van der Waals surface area contributed by atoms with Crippen LogP contribution in [0.15, 0.2) is 10.6 Å². The fourth-order valence-corrected chi connectivity index (χ4v) is 0.820. The Morgan fingerprint density at radius 2 is 2.50 bits per heavy atom. The normalized spacial score (nSPS) is 10.1. The Morgan fingerprint density at radius 1 is 1.71 bits per heavy atom. The molecule has 0 saturated heterocycles. The topological polar surface area (TPSA) is 73.6 Å². The van der Waals surface area contributed by atoms with Crippen molar-refractivity contribution in [1.82, 2.24) is 10.6 Å². The van der Waals surface area contributed by atoms with Crippen LogP contribution in [0.2, 0.25) is 0 Å². The van der Waals surface area contributed by atoms with E-state index in [2.05, 4.69) is 10.6 Å². The molecule has 1 heterocycles. The van der Waals surface area contributed by atoms with Gasteiger partial charge in [0.1, 0.15) is 6.61 Å². The molecule has 1 rings (SSSR count). The van der Waals surface area contributed by atoms with Crippen LogP contribution in [0.1, 0.15) is 23.2 Å². The van der Waals surface area contributed by atoms with E-state index in [1.165, 1.54) is 13.2 Å². The second-order valence-electron chi connectivity index (χ2n) is 2.48. The van der Waals surface area contributed by atoms with Gasteiger partial charge in [-0.3, -0.25) is 9.63 Å². The van der Waals surface area contributed by atoms with E-state index in [4.69, 9.17) is 14.1 Å². The van der Waals surface area contributed by atoms with Crippen LogP contribution in [-0.4, -0.2) is 24.8 Å². The fourth-order valence-electron chi connectivity index (χ4n) is 0.820. The maximum Gasteiger partial charge on any atom is 0.297 e. The smallest absolute Gasteiger partial charge is 0.297 e. The number of carbonyl (C=O) groups excluding carboxylic acids is 1. The monoisotopic (exact) mass is 200 g/mol. The summed E-state index contributed by atoms with van der Waals surface area (Å²) < 4.78 is 9.62. The predicted molar refractivity (Wildman–Crippen MR) is 46.3 cm³/mol. The van der Waals surface area contributed by atoms with Crippen LogP contribution in [0, 0.1) is 0 Å². The minimum Gasteiger partial charge on any atom is -0.377 e. The van der Waals surface area contributed by atoms with Gasteiger partial charge in [-0.2, -0.15) is 0 Å². The van der Waals surface area contributed by atoms with Gasteiger partial charge in [0.2, 0.25) is 0 Å². The van der Waals surface area contributed by atoms with Gasteiger partial charge >= 0.3 is 0 Å². The van der Waals surface area contributed by atoms with Crippen molar-refractivity contribution in [3.63, 3.8) is 0 Å². The third-order valence-corrected chi connectivity index (χ3v) is 1.39. The van der Waals surface area contributed by atoms with E-state index >= 15 is 0 Å². The van der Waals surface area contributed by atoms with E-state index in [9.17, 15) is 4.79 Å². The average Bonchev–Trinajstić information content (AvgIpc) is 2.63. The molecule has 0 aliphatic heterocycles. The first-order valence-electron chi connectivity index (χ1n) is 4.14. The van der Waals surface area contributed by atoms with Crippen molar-refractivity contribution in [3.8, 4) is 0 Å². The van der Waals surface area contributed by atoms with Crippen LogP contribution in [0.25, 0.3) is 0 Å². The van der Waals surface area contributed by atoms with E-state index in [-0.39, 0.29) is 12.3 Å². The van der Waals surface area contributed by atoms with E-state index < -0.39 is 5.91 Å². The Morgan fingerprint density at radius 3 is 3.14 bits per heavy atom. The Hall–Kier alpha value is -1.40. The number of carbonyl (C=O) groups is 1. The second kappa shape index (κ2) is 5.36. The molecule has 1 amide bonds. The summed E-state index contributed by atoms with van der Waals surface area (Å²) in [5.41, 5.74) is 2.37. The van der Waals surface area contributed by atoms with Gasteiger partial charge in [0, 0.05) is 13.2 Å². The molecule has 0 aliphatic rings. The molecule has 1 aromatic rings. The number of hydrogen-bond acceptors (Lipinski definition) is 5. The van der Waals surface area contributed by atoms with Crippen LogP contribution in [0.5, 0.6) is 0 Å². The minimum absolute atomic E-state index is 0.172. The highest BCUT2D eigenvalue weighted by Gasteiger charge is 2.11. The number of rotatable bonds is 5. The lowest BCUT2D eigenvalue weighted by molar-refractivity contribution is 0.0356. The summed E-state index contributed by atoms with van der Waals surface area (Å²) in [6.45, 7) is 2.45. The molecule has 6 nitrogen and oxygen atoms in total. The first-order chi connectivity index (χ1) is 6.77. The SMILES string of the molecule is CCONC(=O)c1cc(COC)on1. The summed E-state index contributed by atoms with van der Waals surface area (Å²) in [5, 5.41) is 3.54. The molecule has 0 aliphatic carbocycles.